The van der Waals surface area contributed by atoms with E-state index in [2.05, 4.69) is 28.1 Å². The van der Waals surface area contributed by atoms with Crippen LogP contribution in [0.25, 0.3) is 0 Å². The van der Waals surface area contributed by atoms with Gasteiger partial charge in [0.1, 0.15) is 5.75 Å². The van der Waals surface area contributed by atoms with Gasteiger partial charge in [0.15, 0.2) is 0 Å². The van der Waals surface area contributed by atoms with E-state index in [4.69, 9.17) is 4.74 Å². The molecular weight excluding hydrogens is 252 g/mol. The van der Waals surface area contributed by atoms with Crippen molar-refractivity contribution in [2.75, 3.05) is 12.4 Å². The van der Waals surface area contributed by atoms with E-state index in [0.717, 1.165) is 29.3 Å². The zero-order valence-corrected chi connectivity index (χ0v) is 10.7. The van der Waals surface area contributed by atoms with Crippen molar-refractivity contribution in [2.24, 2.45) is 11.8 Å². The van der Waals surface area contributed by atoms with Crippen LogP contribution in [0.5, 0.6) is 5.75 Å². The molecule has 0 saturated heterocycles. The molecule has 15 heavy (non-hydrogen) atoms. The molecular formula is C13H17BrO. The van der Waals surface area contributed by atoms with Gasteiger partial charge in [-0.15, -0.1) is 0 Å². The standard InChI is InChI=1S/C13H17BrO/c1-15-13-5-3-2-4-11(13)8-12(9-14)10-6-7-10/h2-5,10,12H,6-9H2,1H3. The van der Waals surface area contributed by atoms with Crippen molar-refractivity contribution in [3.63, 3.8) is 0 Å². The van der Waals surface area contributed by atoms with Crippen molar-refractivity contribution in [1.29, 1.82) is 0 Å². The Hall–Kier alpha value is -0.500. The second-order valence-electron chi connectivity index (χ2n) is 4.27. The number of rotatable bonds is 5. The zero-order chi connectivity index (χ0) is 10.7. The molecule has 1 fully saturated rings. The Morgan fingerprint density at radius 1 is 1.40 bits per heavy atom. The summed E-state index contributed by atoms with van der Waals surface area (Å²) in [6, 6.07) is 8.35. The Kier molecular flexibility index (Phi) is 3.68. The second kappa shape index (κ2) is 5.02. The van der Waals surface area contributed by atoms with Gasteiger partial charge in [0.2, 0.25) is 0 Å². The van der Waals surface area contributed by atoms with Gasteiger partial charge in [-0.25, -0.2) is 0 Å². The Bertz CT molecular complexity index is 320. The maximum absolute atomic E-state index is 5.38. The predicted molar refractivity (Wildman–Crippen MR) is 66.7 cm³/mol. The first-order valence-electron chi connectivity index (χ1n) is 5.53. The molecule has 1 aromatic carbocycles. The van der Waals surface area contributed by atoms with Gasteiger partial charge in [0, 0.05) is 5.33 Å². The lowest BCUT2D eigenvalue weighted by molar-refractivity contribution is 0.403. The van der Waals surface area contributed by atoms with E-state index in [1.807, 2.05) is 12.1 Å². The van der Waals surface area contributed by atoms with Gasteiger partial charge in [-0.1, -0.05) is 34.1 Å². The van der Waals surface area contributed by atoms with Crippen molar-refractivity contribution in [3.8, 4) is 5.75 Å². The van der Waals surface area contributed by atoms with Crippen molar-refractivity contribution in [1.82, 2.24) is 0 Å². The third-order valence-corrected chi connectivity index (χ3v) is 3.99. The summed E-state index contributed by atoms with van der Waals surface area (Å²) in [7, 11) is 1.75. The van der Waals surface area contributed by atoms with Gasteiger partial charge >= 0.3 is 0 Å². The van der Waals surface area contributed by atoms with E-state index in [9.17, 15) is 0 Å². The number of benzene rings is 1. The maximum atomic E-state index is 5.38. The van der Waals surface area contributed by atoms with Crippen molar-refractivity contribution in [3.05, 3.63) is 29.8 Å². The number of halogens is 1. The molecule has 2 rings (SSSR count). The van der Waals surface area contributed by atoms with Crippen LogP contribution in [0.4, 0.5) is 0 Å². The fourth-order valence-electron chi connectivity index (χ4n) is 2.07. The molecule has 0 spiro atoms. The van der Waals surface area contributed by atoms with E-state index < -0.39 is 0 Å². The topological polar surface area (TPSA) is 9.23 Å². The highest BCUT2D eigenvalue weighted by Gasteiger charge is 2.30. The van der Waals surface area contributed by atoms with Gasteiger partial charge in [0.05, 0.1) is 7.11 Å². The molecule has 0 heterocycles. The molecule has 1 aromatic rings. The van der Waals surface area contributed by atoms with Crippen LogP contribution in [0.15, 0.2) is 24.3 Å². The fourth-order valence-corrected chi connectivity index (χ4v) is 2.83. The Morgan fingerprint density at radius 2 is 2.13 bits per heavy atom. The highest BCUT2D eigenvalue weighted by Crippen LogP contribution is 2.40. The minimum atomic E-state index is 0.779. The van der Waals surface area contributed by atoms with Crippen LogP contribution in [0.1, 0.15) is 18.4 Å². The second-order valence-corrected chi connectivity index (χ2v) is 4.92. The molecule has 1 nitrogen and oxygen atoms in total. The van der Waals surface area contributed by atoms with E-state index in [1.54, 1.807) is 7.11 Å². The van der Waals surface area contributed by atoms with Crippen molar-refractivity contribution in [2.45, 2.75) is 19.3 Å². The number of alkyl halides is 1. The van der Waals surface area contributed by atoms with E-state index in [0.29, 0.717) is 0 Å². The fraction of sp³-hybridized carbons (Fsp3) is 0.538. The van der Waals surface area contributed by atoms with Crippen LogP contribution in [0.2, 0.25) is 0 Å². The van der Waals surface area contributed by atoms with Crippen LogP contribution in [-0.2, 0) is 6.42 Å². The predicted octanol–water partition coefficient (Wildman–Crippen LogP) is 3.66. The van der Waals surface area contributed by atoms with Crippen LogP contribution < -0.4 is 4.74 Å². The molecule has 0 aromatic heterocycles. The Labute approximate surface area is 100.0 Å². The number of ether oxygens (including phenoxy) is 1. The van der Waals surface area contributed by atoms with Gasteiger partial charge in [-0.3, -0.25) is 0 Å². The molecule has 1 atom stereocenters. The van der Waals surface area contributed by atoms with Crippen LogP contribution >= 0.6 is 15.9 Å². The summed E-state index contributed by atoms with van der Waals surface area (Å²) in [5.74, 6) is 2.75. The number of para-hydroxylation sites is 1. The quantitative estimate of drug-likeness (QED) is 0.741. The monoisotopic (exact) mass is 268 g/mol. The van der Waals surface area contributed by atoms with E-state index in [1.165, 1.54) is 18.4 Å². The average molecular weight is 269 g/mol. The largest absolute Gasteiger partial charge is 0.496 e. The Morgan fingerprint density at radius 3 is 2.73 bits per heavy atom. The summed E-state index contributed by atoms with van der Waals surface area (Å²) in [6.07, 6.45) is 3.96. The lowest BCUT2D eigenvalue weighted by Crippen LogP contribution is -2.09. The molecule has 0 N–H and O–H groups in total. The summed E-state index contributed by atoms with van der Waals surface area (Å²) in [5, 5.41) is 1.11. The third-order valence-electron chi connectivity index (χ3n) is 3.16. The number of hydrogen-bond acceptors (Lipinski definition) is 1. The lowest BCUT2D eigenvalue weighted by atomic mass is 9.96. The smallest absolute Gasteiger partial charge is 0.122 e. The first-order valence-corrected chi connectivity index (χ1v) is 6.65. The molecule has 2 heteroatoms. The van der Waals surface area contributed by atoms with E-state index in [-0.39, 0.29) is 0 Å². The highest BCUT2D eigenvalue weighted by molar-refractivity contribution is 9.09. The first-order chi connectivity index (χ1) is 7.35. The highest BCUT2D eigenvalue weighted by atomic mass is 79.9. The molecule has 1 unspecified atom stereocenters. The zero-order valence-electron chi connectivity index (χ0n) is 9.08. The molecule has 1 aliphatic carbocycles. The first kappa shape index (κ1) is 11.0. The lowest BCUT2D eigenvalue weighted by Gasteiger charge is -2.15. The third kappa shape index (κ3) is 2.75. The molecule has 0 radical (unpaired) electrons. The van der Waals surface area contributed by atoms with Gasteiger partial charge in [-0.05, 0) is 42.7 Å². The van der Waals surface area contributed by atoms with Crippen LogP contribution in [-0.4, -0.2) is 12.4 Å². The summed E-state index contributed by atoms with van der Waals surface area (Å²) in [5.41, 5.74) is 1.34. The number of methoxy groups -OCH3 is 1. The molecule has 1 aliphatic rings. The summed E-state index contributed by atoms with van der Waals surface area (Å²) in [6.45, 7) is 0. The van der Waals surface area contributed by atoms with Gasteiger partial charge in [0.25, 0.3) is 0 Å². The van der Waals surface area contributed by atoms with Crippen LogP contribution in [0.3, 0.4) is 0 Å². The molecule has 82 valence electrons. The summed E-state index contributed by atoms with van der Waals surface area (Å²) < 4.78 is 5.38. The van der Waals surface area contributed by atoms with Gasteiger partial charge < -0.3 is 4.74 Å². The average Bonchev–Trinajstić information content (AvgIpc) is 3.10. The molecule has 0 amide bonds. The Balaban J connectivity index is 2.07. The van der Waals surface area contributed by atoms with Crippen molar-refractivity contribution >= 4 is 15.9 Å². The normalized spacial score (nSPS) is 17.5. The van der Waals surface area contributed by atoms with Crippen LogP contribution in [0, 0.1) is 11.8 Å². The molecule has 0 bridgehead atoms. The summed E-state index contributed by atoms with van der Waals surface area (Å²) >= 11 is 3.62. The molecule has 0 aliphatic heterocycles. The SMILES string of the molecule is COc1ccccc1CC(CBr)C1CC1. The minimum Gasteiger partial charge on any atom is -0.496 e. The molecule has 1 saturated carbocycles. The minimum absolute atomic E-state index is 0.779. The van der Waals surface area contributed by atoms with Crippen molar-refractivity contribution < 1.29 is 4.74 Å². The number of hydrogen-bond donors (Lipinski definition) is 0. The van der Waals surface area contributed by atoms with E-state index >= 15 is 0 Å². The van der Waals surface area contributed by atoms with Gasteiger partial charge in [-0.2, -0.15) is 0 Å². The maximum Gasteiger partial charge on any atom is 0.122 e. The summed E-state index contributed by atoms with van der Waals surface area (Å²) in [4.78, 5) is 0.